The average Bonchev–Trinajstić information content (AvgIpc) is 2.56. The second-order valence-electron chi connectivity index (χ2n) is 6.48. The molecule has 0 aromatic rings. The molecule has 0 bridgehead atoms. The molecule has 106 valence electrons. The monoisotopic (exact) mass is 270 g/mol. The summed E-state index contributed by atoms with van der Waals surface area (Å²) in [6.07, 6.45) is 10.7. The Kier molecular flexibility index (Phi) is 6.58. The third kappa shape index (κ3) is 5.23. The molecule has 18 heavy (non-hydrogen) atoms. The van der Waals surface area contributed by atoms with Crippen LogP contribution in [0.15, 0.2) is 0 Å². The van der Waals surface area contributed by atoms with Crippen LogP contribution in [-0.2, 0) is 0 Å². The summed E-state index contributed by atoms with van der Waals surface area (Å²) >= 11 is 5.12. The molecule has 1 saturated carbocycles. The van der Waals surface area contributed by atoms with E-state index >= 15 is 0 Å². The minimum Gasteiger partial charge on any atom is -0.393 e. The van der Waals surface area contributed by atoms with Crippen molar-refractivity contribution < 1.29 is 0 Å². The molecule has 1 fully saturated rings. The Balaban J connectivity index is 2.27. The van der Waals surface area contributed by atoms with Crippen molar-refractivity contribution in [3.63, 3.8) is 0 Å². The van der Waals surface area contributed by atoms with Gasteiger partial charge in [-0.25, -0.2) is 0 Å². The molecule has 0 amide bonds. The van der Waals surface area contributed by atoms with Crippen molar-refractivity contribution in [2.24, 2.45) is 11.1 Å². The van der Waals surface area contributed by atoms with Crippen LogP contribution in [0.4, 0.5) is 0 Å². The van der Waals surface area contributed by atoms with E-state index in [1.165, 1.54) is 51.5 Å². The van der Waals surface area contributed by atoms with Gasteiger partial charge in [-0.1, -0.05) is 51.7 Å². The Hall–Kier alpha value is -0.150. The number of nitrogens with zero attached hydrogens (tertiary/aromatic N) is 1. The maximum atomic E-state index is 5.77. The van der Waals surface area contributed by atoms with Crippen molar-refractivity contribution in [2.45, 2.75) is 71.3 Å². The van der Waals surface area contributed by atoms with Crippen LogP contribution in [-0.4, -0.2) is 29.5 Å². The minimum absolute atomic E-state index is 0.0135. The third-order valence-corrected chi connectivity index (χ3v) is 4.98. The molecular weight excluding hydrogens is 240 g/mol. The van der Waals surface area contributed by atoms with Crippen molar-refractivity contribution >= 4 is 17.2 Å². The quantitative estimate of drug-likeness (QED) is 0.589. The third-order valence-electron chi connectivity index (χ3n) is 4.43. The fourth-order valence-electron chi connectivity index (χ4n) is 2.77. The lowest BCUT2D eigenvalue weighted by molar-refractivity contribution is 0.211. The lowest BCUT2D eigenvalue weighted by Gasteiger charge is -2.29. The normalized spacial score (nSPS) is 18.9. The van der Waals surface area contributed by atoms with Crippen molar-refractivity contribution in [2.75, 3.05) is 13.6 Å². The van der Waals surface area contributed by atoms with Crippen LogP contribution in [0.25, 0.3) is 0 Å². The van der Waals surface area contributed by atoms with E-state index in [-0.39, 0.29) is 5.41 Å². The molecule has 0 aliphatic heterocycles. The Labute approximate surface area is 118 Å². The number of hydrogen-bond donors (Lipinski definition) is 1. The number of rotatable bonds is 6. The van der Waals surface area contributed by atoms with Crippen molar-refractivity contribution in [3.8, 4) is 0 Å². The SMILES string of the molecule is CN(CCCC(C)(C)C(N)=S)C1CCCCCC1. The van der Waals surface area contributed by atoms with Crippen molar-refractivity contribution in [3.05, 3.63) is 0 Å². The Bertz CT molecular complexity index is 255. The summed E-state index contributed by atoms with van der Waals surface area (Å²) in [5.74, 6) is 0. The van der Waals surface area contributed by atoms with Gasteiger partial charge in [-0.3, -0.25) is 0 Å². The molecule has 2 nitrogen and oxygen atoms in total. The van der Waals surface area contributed by atoms with Gasteiger partial charge in [-0.2, -0.15) is 0 Å². The van der Waals surface area contributed by atoms with Gasteiger partial charge in [0.25, 0.3) is 0 Å². The van der Waals surface area contributed by atoms with Crippen molar-refractivity contribution in [1.29, 1.82) is 0 Å². The van der Waals surface area contributed by atoms with E-state index < -0.39 is 0 Å². The zero-order valence-electron chi connectivity index (χ0n) is 12.4. The molecule has 1 aliphatic carbocycles. The van der Waals surface area contributed by atoms with Gasteiger partial charge in [-0.15, -0.1) is 0 Å². The molecule has 0 heterocycles. The Morgan fingerprint density at radius 1 is 1.22 bits per heavy atom. The van der Waals surface area contributed by atoms with Crippen LogP contribution < -0.4 is 5.73 Å². The van der Waals surface area contributed by atoms with Crippen LogP contribution in [0.3, 0.4) is 0 Å². The van der Waals surface area contributed by atoms with Gasteiger partial charge in [0.2, 0.25) is 0 Å². The molecule has 3 heteroatoms. The van der Waals surface area contributed by atoms with Gasteiger partial charge in [0.1, 0.15) is 0 Å². The number of thiocarbonyl (C=S) groups is 1. The number of hydrogen-bond acceptors (Lipinski definition) is 2. The molecular formula is C15H30N2S. The summed E-state index contributed by atoms with van der Waals surface area (Å²) in [5, 5.41) is 0. The van der Waals surface area contributed by atoms with Crippen LogP contribution >= 0.6 is 12.2 Å². The zero-order valence-corrected chi connectivity index (χ0v) is 13.2. The van der Waals surface area contributed by atoms with Crippen LogP contribution in [0, 0.1) is 5.41 Å². The molecule has 0 aromatic heterocycles. The average molecular weight is 270 g/mol. The highest BCUT2D eigenvalue weighted by Gasteiger charge is 2.22. The summed E-state index contributed by atoms with van der Waals surface area (Å²) in [4.78, 5) is 3.21. The maximum Gasteiger partial charge on any atom is 0.0784 e. The molecule has 0 aromatic carbocycles. The van der Waals surface area contributed by atoms with E-state index in [9.17, 15) is 0 Å². The van der Waals surface area contributed by atoms with Gasteiger partial charge in [0.05, 0.1) is 4.99 Å². The van der Waals surface area contributed by atoms with E-state index in [0.29, 0.717) is 4.99 Å². The predicted octanol–water partition coefficient (Wildman–Crippen LogP) is 3.73. The summed E-state index contributed by atoms with van der Waals surface area (Å²) in [6.45, 7) is 5.48. The molecule has 0 atom stereocenters. The first-order chi connectivity index (χ1) is 8.43. The van der Waals surface area contributed by atoms with E-state index in [1.54, 1.807) is 0 Å². The van der Waals surface area contributed by atoms with Crippen LogP contribution in [0.5, 0.6) is 0 Å². The molecule has 0 unspecified atom stereocenters. The lowest BCUT2D eigenvalue weighted by atomic mass is 9.88. The number of nitrogens with two attached hydrogens (primary N) is 1. The largest absolute Gasteiger partial charge is 0.393 e. The van der Waals surface area contributed by atoms with Gasteiger partial charge in [0.15, 0.2) is 0 Å². The first-order valence-electron chi connectivity index (χ1n) is 7.43. The highest BCUT2D eigenvalue weighted by molar-refractivity contribution is 7.80. The highest BCUT2D eigenvalue weighted by atomic mass is 32.1. The summed E-state index contributed by atoms with van der Waals surface area (Å²) in [7, 11) is 2.28. The summed E-state index contributed by atoms with van der Waals surface area (Å²) in [5.41, 5.74) is 5.78. The topological polar surface area (TPSA) is 29.3 Å². The molecule has 0 saturated heterocycles. The standard InChI is InChI=1S/C15H30N2S/c1-15(2,14(16)18)11-8-12-17(3)13-9-6-4-5-7-10-13/h13H,4-12H2,1-3H3,(H2,16,18). The second-order valence-corrected chi connectivity index (χ2v) is 6.92. The summed E-state index contributed by atoms with van der Waals surface area (Å²) in [6, 6.07) is 0.806. The summed E-state index contributed by atoms with van der Waals surface area (Å²) < 4.78 is 0. The van der Waals surface area contributed by atoms with Gasteiger partial charge in [0, 0.05) is 11.5 Å². The Morgan fingerprint density at radius 2 is 1.78 bits per heavy atom. The molecule has 2 N–H and O–H groups in total. The fraction of sp³-hybridized carbons (Fsp3) is 0.933. The van der Waals surface area contributed by atoms with Gasteiger partial charge in [-0.05, 0) is 39.3 Å². The molecule has 1 aliphatic rings. The smallest absolute Gasteiger partial charge is 0.0784 e. The first kappa shape index (κ1) is 15.9. The van der Waals surface area contributed by atoms with Gasteiger partial charge < -0.3 is 10.6 Å². The lowest BCUT2D eigenvalue weighted by Crippen LogP contribution is -2.34. The van der Waals surface area contributed by atoms with Crippen LogP contribution in [0.1, 0.15) is 65.2 Å². The second kappa shape index (κ2) is 7.44. The minimum atomic E-state index is 0.0135. The zero-order chi connectivity index (χ0) is 13.6. The van der Waals surface area contributed by atoms with Gasteiger partial charge >= 0.3 is 0 Å². The van der Waals surface area contributed by atoms with E-state index in [1.807, 2.05) is 0 Å². The highest BCUT2D eigenvalue weighted by Crippen LogP contribution is 2.24. The van der Waals surface area contributed by atoms with E-state index in [2.05, 4.69) is 25.8 Å². The van der Waals surface area contributed by atoms with Crippen molar-refractivity contribution in [1.82, 2.24) is 4.90 Å². The molecule has 0 radical (unpaired) electrons. The first-order valence-corrected chi connectivity index (χ1v) is 7.84. The van der Waals surface area contributed by atoms with Crippen LogP contribution in [0.2, 0.25) is 0 Å². The Morgan fingerprint density at radius 3 is 2.28 bits per heavy atom. The molecule has 1 rings (SSSR count). The van der Waals surface area contributed by atoms with E-state index in [4.69, 9.17) is 18.0 Å². The fourth-order valence-corrected chi connectivity index (χ4v) is 2.88. The predicted molar refractivity (Wildman–Crippen MR) is 83.9 cm³/mol. The van der Waals surface area contributed by atoms with E-state index in [0.717, 1.165) is 12.5 Å². The molecule has 0 spiro atoms. The maximum absolute atomic E-state index is 5.77.